The van der Waals surface area contributed by atoms with Crippen LogP contribution in [0.4, 0.5) is 0 Å². The fourth-order valence-corrected chi connectivity index (χ4v) is 1.92. The molecule has 1 N–H and O–H groups in total. The number of hydrogen-bond acceptors (Lipinski definition) is 3. The average Bonchev–Trinajstić information content (AvgIpc) is 2.12. The van der Waals surface area contributed by atoms with Crippen LogP contribution in [-0.2, 0) is 15.0 Å². The number of hydrogen-bond donors (Lipinski definition) is 1. The third kappa shape index (κ3) is 1.42. The normalized spacial score (nSPS) is 18.3. The van der Waals surface area contributed by atoms with E-state index in [0.29, 0.717) is 5.56 Å². The predicted octanol–water partition coefficient (Wildman–Crippen LogP) is 1.08. The van der Waals surface area contributed by atoms with Crippen molar-refractivity contribution < 1.29 is 14.7 Å². The Hall–Kier alpha value is -1.71. The van der Waals surface area contributed by atoms with Gasteiger partial charge in [0, 0.05) is 25.2 Å². The molecular formula is C11H11NO3. The zero-order valence-corrected chi connectivity index (χ0v) is 8.36. The number of aryl methyl sites for hydroxylation is 1. The van der Waals surface area contributed by atoms with Gasteiger partial charge in [-0.3, -0.25) is 14.6 Å². The summed E-state index contributed by atoms with van der Waals surface area (Å²) in [6, 6.07) is 1.79. The molecular weight excluding hydrogens is 194 g/mol. The second kappa shape index (κ2) is 3.15. The van der Waals surface area contributed by atoms with Gasteiger partial charge in [0.05, 0.1) is 0 Å². The van der Waals surface area contributed by atoms with E-state index in [4.69, 9.17) is 5.11 Å². The third-order valence-electron chi connectivity index (χ3n) is 2.83. The van der Waals surface area contributed by atoms with Crippen molar-refractivity contribution in [2.45, 2.75) is 25.2 Å². The summed E-state index contributed by atoms with van der Waals surface area (Å²) in [4.78, 5) is 26.1. The largest absolute Gasteiger partial charge is 0.481 e. The first-order valence-electron chi connectivity index (χ1n) is 4.72. The summed E-state index contributed by atoms with van der Waals surface area (Å²) >= 11 is 0. The first-order valence-corrected chi connectivity index (χ1v) is 4.72. The molecule has 1 heterocycles. The number of pyridine rings is 1. The molecule has 4 heteroatoms. The van der Waals surface area contributed by atoms with E-state index in [9.17, 15) is 9.59 Å². The lowest BCUT2D eigenvalue weighted by atomic mass is 9.64. The Bertz CT molecular complexity index is 431. The Morgan fingerprint density at radius 3 is 2.60 bits per heavy atom. The topological polar surface area (TPSA) is 67.3 Å². The number of ketones is 1. The number of carboxylic acids is 1. The van der Waals surface area contributed by atoms with Crippen molar-refractivity contribution in [2.24, 2.45) is 0 Å². The highest BCUT2D eigenvalue weighted by Gasteiger charge is 2.51. The van der Waals surface area contributed by atoms with E-state index in [1.807, 2.05) is 6.92 Å². The maximum absolute atomic E-state index is 11.2. The van der Waals surface area contributed by atoms with Crippen molar-refractivity contribution >= 4 is 11.8 Å². The monoisotopic (exact) mass is 205 g/mol. The van der Waals surface area contributed by atoms with Crippen LogP contribution in [0.3, 0.4) is 0 Å². The number of Topliss-reactive ketones (excluding diaryl/α,β-unsaturated/α-hetero) is 1. The number of aromatic nitrogens is 1. The molecule has 0 aromatic carbocycles. The van der Waals surface area contributed by atoms with Crippen molar-refractivity contribution in [1.29, 1.82) is 0 Å². The van der Waals surface area contributed by atoms with Gasteiger partial charge in [-0.1, -0.05) is 6.07 Å². The second-order valence-corrected chi connectivity index (χ2v) is 4.03. The minimum atomic E-state index is -1.02. The molecule has 15 heavy (non-hydrogen) atoms. The Morgan fingerprint density at radius 2 is 2.13 bits per heavy atom. The number of aliphatic carboxylic acids is 1. The van der Waals surface area contributed by atoms with Crippen LogP contribution >= 0.6 is 0 Å². The Labute approximate surface area is 87.0 Å². The zero-order valence-electron chi connectivity index (χ0n) is 8.36. The maximum atomic E-state index is 11.2. The van der Waals surface area contributed by atoms with E-state index in [2.05, 4.69) is 4.98 Å². The van der Waals surface area contributed by atoms with Gasteiger partial charge in [-0.05, 0) is 18.1 Å². The quantitative estimate of drug-likeness (QED) is 0.784. The lowest BCUT2D eigenvalue weighted by Gasteiger charge is -2.36. The fourth-order valence-electron chi connectivity index (χ4n) is 1.92. The molecule has 0 aliphatic heterocycles. The number of carbonyl (C=O) groups is 2. The van der Waals surface area contributed by atoms with E-state index in [1.165, 1.54) is 6.20 Å². The van der Waals surface area contributed by atoms with Gasteiger partial charge in [0.1, 0.15) is 11.2 Å². The van der Waals surface area contributed by atoms with Crippen molar-refractivity contribution in [3.63, 3.8) is 0 Å². The van der Waals surface area contributed by atoms with Gasteiger partial charge >= 0.3 is 5.97 Å². The zero-order chi connectivity index (χ0) is 11.1. The molecule has 0 radical (unpaired) electrons. The number of carbonyl (C=O) groups excluding carboxylic acids is 1. The first kappa shape index (κ1) is 9.83. The highest BCUT2D eigenvalue weighted by Crippen LogP contribution is 2.41. The predicted molar refractivity (Wildman–Crippen MR) is 52.5 cm³/mol. The molecule has 0 saturated heterocycles. The summed E-state index contributed by atoms with van der Waals surface area (Å²) in [6.07, 6.45) is 3.38. The van der Waals surface area contributed by atoms with Crippen LogP contribution in [0.2, 0.25) is 0 Å². The molecule has 0 unspecified atom stereocenters. The minimum absolute atomic E-state index is 0.00101. The van der Waals surface area contributed by atoms with E-state index in [0.717, 1.165) is 5.56 Å². The van der Waals surface area contributed by atoms with Crippen LogP contribution in [0.15, 0.2) is 18.5 Å². The molecule has 4 nitrogen and oxygen atoms in total. The summed E-state index contributed by atoms with van der Waals surface area (Å²) < 4.78 is 0. The van der Waals surface area contributed by atoms with Crippen LogP contribution in [0.25, 0.3) is 0 Å². The molecule has 0 bridgehead atoms. The SMILES string of the molecule is Cc1cncc(C2(C(=O)O)CC(=O)C2)c1. The molecule has 1 saturated carbocycles. The highest BCUT2D eigenvalue weighted by atomic mass is 16.4. The van der Waals surface area contributed by atoms with Gasteiger partial charge in [-0.25, -0.2) is 0 Å². The molecule has 0 spiro atoms. The van der Waals surface area contributed by atoms with Crippen LogP contribution in [0, 0.1) is 6.92 Å². The molecule has 1 aliphatic rings. The van der Waals surface area contributed by atoms with Crippen LogP contribution in [0.5, 0.6) is 0 Å². The lowest BCUT2D eigenvalue weighted by molar-refractivity contribution is -0.153. The second-order valence-electron chi connectivity index (χ2n) is 4.03. The molecule has 1 aromatic heterocycles. The smallest absolute Gasteiger partial charge is 0.315 e. The molecule has 78 valence electrons. The fraction of sp³-hybridized carbons (Fsp3) is 0.364. The van der Waals surface area contributed by atoms with E-state index >= 15 is 0 Å². The van der Waals surface area contributed by atoms with Crippen molar-refractivity contribution in [2.75, 3.05) is 0 Å². The van der Waals surface area contributed by atoms with Gasteiger partial charge < -0.3 is 5.11 Å². The van der Waals surface area contributed by atoms with Crippen LogP contribution in [-0.4, -0.2) is 21.8 Å². The minimum Gasteiger partial charge on any atom is -0.481 e. The first-order chi connectivity index (χ1) is 7.04. The van der Waals surface area contributed by atoms with Gasteiger partial charge in [-0.15, -0.1) is 0 Å². The summed E-state index contributed by atoms with van der Waals surface area (Å²) in [5, 5.41) is 9.17. The van der Waals surface area contributed by atoms with Crippen LogP contribution < -0.4 is 0 Å². The maximum Gasteiger partial charge on any atom is 0.315 e. The summed E-state index contributed by atoms with van der Waals surface area (Å²) in [5.41, 5.74) is 0.526. The third-order valence-corrected chi connectivity index (χ3v) is 2.83. The summed E-state index contributed by atoms with van der Waals surface area (Å²) in [7, 11) is 0. The van der Waals surface area contributed by atoms with Gasteiger partial charge in [-0.2, -0.15) is 0 Å². The van der Waals surface area contributed by atoms with E-state index < -0.39 is 11.4 Å². The molecule has 0 atom stereocenters. The summed E-state index contributed by atoms with van der Waals surface area (Å²) in [5.74, 6) is -0.937. The van der Waals surface area contributed by atoms with Gasteiger partial charge in [0.25, 0.3) is 0 Å². The van der Waals surface area contributed by atoms with Crippen molar-refractivity contribution in [3.8, 4) is 0 Å². The van der Waals surface area contributed by atoms with Crippen LogP contribution in [0.1, 0.15) is 24.0 Å². The summed E-state index contributed by atoms with van der Waals surface area (Å²) in [6.45, 7) is 1.85. The number of rotatable bonds is 2. The van der Waals surface area contributed by atoms with E-state index in [1.54, 1.807) is 12.3 Å². The lowest BCUT2D eigenvalue weighted by Crippen LogP contribution is -2.48. The standard InChI is InChI=1S/C11H11NO3/c1-7-2-8(6-12-5-7)11(10(14)15)3-9(13)4-11/h2,5-6H,3-4H2,1H3,(H,14,15). The molecule has 1 aromatic rings. The number of nitrogens with zero attached hydrogens (tertiary/aromatic N) is 1. The molecule has 1 fully saturated rings. The molecule has 0 amide bonds. The number of carboxylic acid groups (broad SMARTS) is 1. The van der Waals surface area contributed by atoms with Gasteiger partial charge in [0.2, 0.25) is 0 Å². The van der Waals surface area contributed by atoms with Crippen molar-refractivity contribution in [1.82, 2.24) is 4.98 Å². The van der Waals surface area contributed by atoms with E-state index in [-0.39, 0.29) is 18.6 Å². The Balaban J connectivity index is 2.43. The molecule has 1 aliphatic carbocycles. The Kier molecular flexibility index (Phi) is 2.07. The Morgan fingerprint density at radius 1 is 1.47 bits per heavy atom. The van der Waals surface area contributed by atoms with Crippen molar-refractivity contribution in [3.05, 3.63) is 29.6 Å². The highest BCUT2D eigenvalue weighted by molar-refractivity contribution is 6.01. The van der Waals surface area contributed by atoms with Gasteiger partial charge in [0.15, 0.2) is 0 Å². The average molecular weight is 205 g/mol. The molecule has 2 rings (SSSR count).